The van der Waals surface area contributed by atoms with Gasteiger partial charge in [0.2, 0.25) is 0 Å². The van der Waals surface area contributed by atoms with Gasteiger partial charge in [-0.15, -0.1) is 0 Å². The van der Waals surface area contributed by atoms with Gasteiger partial charge in [-0.1, -0.05) is 29.8 Å². The van der Waals surface area contributed by atoms with Crippen LogP contribution in [0.25, 0.3) is 11.1 Å². The second-order valence-corrected chi connectivity index (χ2v) is 7.66. The Balaban J connectivity index is 1.53. The summed E-state index contributed by atoms with van der Waals surface area (Å²) in [5.74, 6) is 0.246. The van der Waals surface area contributed by atoms with E-state index in [1.54, 1.807) is 31.4 Å². The zero-order chi connectivity index (χ0) is 21.8. The van der Waals surface area contributed by atoms with Crippen LogP contribution < -0.4 is 20.7 Å². The lowest BCUT2D eigenvalue weighted by Crippen LogP contribution is -2.36. The first kappa shape index (κ1) is 21.0. The van der Waals surface area contributed by atoms with Crippen LogP contribution in [0.1, 0.15) is 10.4 Å². The number of nitrogens with two attached hydrogens (primary N) is 1. The Morgan fingerprint density at radius 3 is 2.55 bits per heavy atom. The van der Waals surface area contributed by atoms with Crippen molar-refractivity contribution in [3.63, 3.8) is 0 Å². The normalized spacial score (nSPS) is 13.7. The topological polar surface area (TPSA) is 76.8 Å². The van der Waals surface area contributed by atoms with Crippen LogP contribution in [0, 0.1) is 0 Å². The number of hydrogen-bond donors (Lipinski definition) is 2. The number of nitrogens with zero attached hydrogens (tertiary/aromatic N) is 1. The minimum Gasteiger partial charge on any atom is -0.495 e. The smallest absolute Gasteiger partial charge is 0.257 e. The van der Waals surface area contributed by atoms with E-state index in [0.717, 1.165) is 43.1 Å². The van der Waals surface area contributed by atoms with E-state index in [1.807, 2.05) is 24.3 Å². The molecular formula is C24H24ClN3O3. The van der Waals surface area contributed by atoms with Gasteiger partial charge in [0.25, 0.3) is 5.91 Å². The molecule has 6 nitrogen and oxygen atoms in total. The molecule has 1 amide bonds. The summed E-state index contributed by atoms with van der Waals surface area (Å²) in [5.41, 5.74) is 10.8. The number of nitrogens with one attached hydrogen (secondary N) is 1. The monoisotopic (exact) mass is 437 g/mol. The molecule has 0 spiro atoms. The van der Waals surface area contributed by atoms with Crippen LogP contribution in [0.15, 0.2) is 60.7 Å². The molecule has 3 N–H and O–H groups in total. The van der Waals surface area contributed by atoms with Crippen molar-refractivity contribution in [3.05, 3.63) is 71.2 Å². The molecule has 1 aliphatic heterocycles. The highest BCUT2D eigenvalue weighted by Crippen LogP contribution is 2.30. The van der Waals surface area contributed by atoms with E-state index in [-0.39, 0.29) is 5.91 Å². The second kappa shape index (κ2) is 9.29. The first-order chi connectivity index (χ1) is 15.0. The summed E-state index contributed by atoms with van der Waals surface area (Å²) in [7, 11) is 1.54. The molecule has 0 atom stereocenters. The van der Waals surface area contributed by atoms with E-state index < -0.39 is 0 Å². The van der Waals surface area contributed by atoms with Crippen molar-refractivity contribution in [2.24, 2.45) is 0 Å². The van der Waals surface area contributed by atoms with Crippen LogP contribution in [0.2, 0.25) is 5.02 Å². The van der Waals surface area contributed by atoms with Gasteiger partial charge in [-0.05, 0) is 53.6 Å². The predicted octanol–water partition coefficient (Wildman–Crippen LogP) is 4.69. The highest BCUT2D eigenvalue weighted by atomic mass is 35.5. The lowest BCUT2D eigenvalue weighted by Gasteiger charge is -2.29. The van der Waals surface area contributed by atoms with Crippen LogP contribution in [0.5, 0.6) is 5.75 Å². The molecule has 3 aromatic rings. The minimum atomic E-state index is -0.299. The molecule has 1 heterocycles. The molecule has 1 fully saturated rings. The molecular weight excluding hydrogens is 414 g/mol. The summed E-state index contributed by atoms with van der Waals surface area (Å²) in [6.07, 6.45) is 0. The molecule has 7 heteroatoms. The van der Waals surface area contributed by atoms with Crippen LogP contribution >= 0.6 is 11.6 Å². The third-order valence-electron chi connectivity index (χ3n) is 5.26. The number of nitrogen functional groups attached to an aromatic ring is 1. The van der Waals surface area contributed by atoms with Crippen molar-refractivity contribution < 1.29 is 14.3 Å². The van der Waals surface area contributed by atoms with Crippen LogP contribution in [-0.4, -0.2) is 39.3 Å². The zero-order valence-electron chi connectivity index (χ0n) is 17.2. The Bertz CT molecular complexity index is 1100. The van der Waals surface area contributed by atoms with E-state index in [0.29, 0.717) is 27.7 Å². The molecule has 1 aliphatic rings. The largest absolute Gasteiger partial charge is 0.495 e. The highest BCUT2D eigenvalue weighted by molar-refractivity contribution is 6.32. The molecule has 0 aliphatic carbocycles. The number of halogens is 1. The van der Waals surface area contributed by atoms with Gasteiger partial charge in [0.15, 0.2) is 0 Å². The van der Waals surface area contributed by atoms with E-state index >= 15 is 0 Å². The van der Waals surface area contributed by atoms with Crippen molar-refractivity contribution in [1.29, 1.82) is 0 Å². The molecule has 160 valence electrons. The molecule has 0 radical (unpaired) electrons. The summed E-state index contributed by atoms with van der Waals surface area (Å²) < 4.78 is 10.6. The van der Waals surface area contributed by atoms with E-state index in [9.17, 15) is 4.79 Å². The Hall–Kier alpha value is -3.22. The molecule has 3 aromatic carbocycles. The van der Waals surface area contributed by atoms with Gasteiger partial charge < -0.3 is 25.4 Å². The number of carbonyl (C=O) groups excluding carboxylic acids is 1. The standard InChI is InChI=1S/C24H24ClN3O3/c1-30-23-8-6-18(15-21(23)25)27-24(29)20-7-5-17(14-22(20)26)16-3-2-4-19(13-16)28-9-11-31-12-10-28/h2-8,13-15H,9-12,26H2,1H3,(H,27,29). The van der Waals surface area contributed by atoms with Gasteiger partial charge in [-0.2, -0.15) is 0 Å². The van der Waals surface area contributed by atoms with Crippen molar-refractivity contribution in [2.45, 2.75) is 0 Å². The SMILES string of the molecule is COc1ccc(NC(=O)c2ccc(-c3cccc(N4CCOCC4)c3)cc2N)cc1Cl. The number of methoxy groups -OCH3 is 1. The second-order valence-electron chi connectivity index (χ2n) is 7.26. The summed E-state index contributed by atoms with van der Waals surface area (Å²) in [6, 6.07) is 18.9. The average molecular weight is 438 g/mol. The molecule has 4 rings (SSSR count). The number of benzene rings is 3. The Morgan fingerprint density at radius 2 is 1.84 bits per heavy atom. The fourth-order valence-electron chi connectivity index (χ4n) is 3.60. The summed E-state index contributed by atoms with van der Waals surface area (Å²) in [6.45, 7) is 3.22. The van der Waals surface area contributed by atoms with Gasteiger partial charge in [-0.3, -0.25) is 4.79 Å². The number of carbonyl (C=O) groups is 1. The van der Waals surface area contributed by atoms with Gasteiger partial charge in [0, 0.05) is 30.2 Å². The third-order valence-corrected chi connectivity index (χ3v) is 5.56. The highest BCUT2D eigenvalue weighted by Gasteiger charge is 2.14. The third kappa shape index (κ3) is 4.76. The van der Waals surface area contributed by atoms with Crippen molar-refractivity contribution in [3.8, 4) is 16.9 Å². The lowest BCUT2D eigenvalue weighted by molar-refractivity contribution is 0.102. The van der Waals surface area contributed by atoms with E-state index in [2.05, 4.69) is 22.3 Å². The first-order valence-electron chi connectivity index (χ1n) is 10.0. The molecule has 0 unspecified atom stereocenters. The first-order valence-corrected chi connectivity index (χ1v) is 10.4. The molecule has 0 aromatic heterocycles. The number of anilines is 3. The van der Waals surface area contributed by atoms with Crippen LogP contribution in [-0.2, 0) is 4.74 Å². The van der Waals surface area contributed by atoms with Gasteiger partial charge in [0.1, 0.15) is 5.75 Å². The van der Waals surface area contributed by atoms with E-state index in [4.69, 9.17) is 26.8 Å². The van der Waals surface area contributed by atoms with Crippen molar-refractivity contribution >= 4 is 34.6 Å². The average Bonchev–Trinajstić information content (AvgIpc) is 2.80. The van der Waals surface area contributed by atoms with Gasteiger partial charge in [-0.25, -0.2) is 0 Å². The molecule has 31 heavy (non-hydrogen) atoms. The zero-order valence-corrected chi connectivity index (χ0v) is 18.0. The molecule has 1 saturated heterocycles. The van der Waals surface area contributed by atoms with E-state index in [1.165, 1.54) is 0 Å². The number of rotatable bonds is 5. The quantitative estimate of drug-likeness (QED) is 0.566. The summed E-state index contributed by atoms with van der Waals surface area (Å²) in [4.78, 5) is 15.0. The van der Waals surface area contributed by atoms with Crippen LogP contribution in [0.4, 0.5) is 17.1 Å². The lowest BCUT2D eigenvalue weighted by atomic mass is 10.0. The van der Waals surface area contributed by atoms with Gasteiger partial charge >= 0.3 is 0 Å². The fourth-order valence-corrected chi connectivity index (χ4v) is 3.85. The predicted molar refractivity (Wildman–Crippen MR) is 125 cm³/mol. The number of hydrogen-bond acceptors (Lipinski definition) is 5. The Labute approximate surface area is 186 Å². The Morgan fingerprint density at radius 1 is 1.06 bits per heavy atom. The maximum Gasteiger partial charge on any atom is 0.257 e. The number of morpholine rings is 1. The summed E-state index contributed by atoms with van der Waals surface area (Å²) >= 11 is 6.14. The maximum absolute atomic E-state index is 12.7. The molecule has 0 bridgehead atoms. The van der Waals surface area contributed by atoms with Crippen LogP contribution in [0.3, 0.4) is 0 Å². The van der Waals surface area contributed by atoms with Crippen molar-refractivity contribution in [2.75, 3.05) is 49.4 Å². The van der Waals surface area contributed by atoms with Crippen molar-refractivity contribution in [1.82, 2.24) is 0 Å². The summed E-state index contributed by atoms with van der Waals surface area (Å²) in [5, 5.41) is 3.25. The number of amides is 1. The maximum atomic E-state index is 12.7. The number of ether oxygens (including phenoxy) is 2. The minimum absolute atomic E-state index is 0.299. The Kier molecular flexibility index (Phi) is 6.30. The molecule has 0 saturated carbocycles. The van der Waals surface area contributed by atoms with Gasteiger partial charge in [0.05, 0.1) is 30.9 Å². The fraction of sp³-hybridized carbons (Fsp3) is 0.208.